The molecule has 0 fully saturated rings. The van der Waals surface area contributed by atoms with E-state index in [1.807, 2.05) is 38.1 Å². The fourth-order valence-corrected chi connectivity index (χ4v) is 3.76. The average Bonchev–Trinajstić information content (AvgIpc) is 2.55. The molecule has 8 heteroatoms. The summed E-state index contributed by atoms with van der Waals surface area (Å²) in [5.74, 6) is -1.51. The molecule has 0 atom stereocenters. The molecule has 146 valence electrons. The summed E-state index contributed by atoms with van der Waals surface area (Å²) in [4.78, 5) is 14.3. The maximum atomic E-state index is 14.2. The van der Waals surface area contributed by atoms with Crippen molar-refractivity contribution in [1.29, 1.82) is 0 Å². The molecule has 0 radical (unpaired) electrons. The lowest BCUT2D eigenvalue weighted by molar-refractivity contribution is 0.102. The van der Waals surface area contributed by atoms with Crippen LogP contribution in [-0.4, -0.2) is 34.5 Å². The highest BCUT2D eigenvalue weighted by atomic mass is 32.2. The molecule has 2 rings (SSSR count). The fourth-order valence-electron chi connectivity index (χ4n) is 2.48. The first-order chi connectivity index (χ1) is 12.5. The van der Waals surface area contributed by atoms with E-state index in [9.17, 15) is 17.6 Å². The van der Waals surface area contributed by atoms with Crippen LogP contribution in [0.15, 0.2) is 41.3 Å². The number of aryl methyl sites for hydroxylation is 1. The summed E-state index contributed by atoms with van der Waals surface area (Å²) >= 11 is 0. The Labute approximate surface area is 159 Å². The highest BCUT2D eigenvalue weighted by Gasteiger charge is 2.20. The lowest BCUT2D eigenvalue weighted by Gasteiger charge is -2.16. The number of nitrogens with zero attached hydrogens (tertiary/aromatic N) is 1. The first-order valence-electron chi connectivity index (χ1n) is 8.42. The van der Waals surface area contributed by atoms with E-state index >= 15 is 0 Å². The molecule has 0 heterocycles. The number of sulfonamides is 1. The number of hydrogen-bond acceptors (Lipinski definition) is 4. The summed E-state index contributed by atoms with van der Waals surface area (Å²) in [5.41, 5.74) is 1.96. The van der Waals surface area contributed by atoms with Crippen LogP contribution >= 0.6 is 0 Å². The minimum atomic E-state index is -3.83. The van der Waals surface area contributed by atoms with Gasteiger partial charge in [0, 0.05) is 31.5 Å². The Hall–Kier alpha value is -2.45. The monoisotopic (exact) mass is 393 g/mol. The van der Waals surface area contributed by atoms with Gasteiger partial charge >= 0.3 is 0 Å². The molecule has 0 aliphatic heterocycles. The quantitative estimate of drug-likeness (QED) is 0.790. The largest absolute Gasteiger partial charge is 0.378 e. The molecule has 0 aromatic heterocycles. The van der Waals surface area contributed by atoms with Gasteiger partial charge in [-0.05, 0) is 62.7 Å². The van der Waals surface area contributed by atoms with E-state index in [2.05, 4.69) is 10.0 Å². The maximum Gasteiger partial charge on any atom is 0.258 e. The van der Waals surface area contributed by atoms with E-state index in [0.717, 1.165) is 29.4 Å². The lowest BCUT2D eigenvalue weighted by Crippen LogP contribution is -2.30. The number of carbonyl (C=O) groups excluding carboxylic acids is 1. The zero-order valence-corrected chi connectivity index (χ0v) is 16.8. The molecule has 0 saturated carbocycles. The molecular weight excluding hydrogens is 369 g/mol. The Bertz CT molecular complexity index is 957. The SMILES string of the molecule is Cc1cc(N(C)C)ccc1NC(=O)c1cc(S(=O)(=O)NC(C)C)ccc1F. The van der Waals surface area contributed by atoms with Crippen LogP contribution in [0.5, 0.6) is 0 Å². The molecule has 0 aliphatic rings. The number of rotatable bonds is 6. The van der Waals surface area contributed by atoms with E-state index < -0.39 is 21.7 Å². The van der Waals surface area contributed by atoms with Crippen molar-refractivity contribution in [2.75, 3.05) is 24.3 Å². The summed E-state index contributed by atoms with van der Waals surface area (Å²) in [5, 5.41) is 2.64. The van der Waals surface area contributed by atoms with Crippen LogP contribution in [0.1, 0.15) is 29.8 Å². The van der Waals surface area contributed by atoms with E-state index in [-0.39, 0.29) is 16.5 Å². The van der Waals surface area contributed by atoms with Gasteiger partial charge in [-0.15, -0.1) is 0 Å². The van der Waals surface area contributed by atoms with Crippen LogP contribution in [0.25, 0.3) is 0 Å². The van der Waals surface area contributed by atoms with Crippen molar-refractivity contribution in [2.24, 2.45) is 0 Å². The smallest absolute Gasteiger partial charge is 0.258 e. The fraction of sp³-hybridized carbons (Fsp3) is 0.316. The second kappa shape index (κ2) is 8.06. The zero-order valence-electron chi connectivity index (χ0n) is 16.0. The van der Waals surface area contributed by atoms with Crippen LogP contribution in [0.4, 0.5) is 15.8 Å². The normalized spacial score (nSPS) is 11.5. The molecular formula is C19H24FN3O3S. The maximum absolute atomic E-state index is 14.2. The third-order valence-electron chi connectivity index (χ3n) is 3.86. The number of benzene rings is 2. The Morgan fingerprint density at radius 3 is 2.33 bits per heavy atom. The third kappa shape index (κ3) is 5.05. The summed E-state index contributed by atoms with van der Waals surface area (Å²) in [7, 11) is -0.0260. The minimum Gasteiger partial charge on any atom is -0.378 e. The molecule has 6 nitrogen and oxygen atoms in total. The molecule has 2 aromatic carbocycles. The van der Waals surface area contributed by atoms with Crippen LogP contribution in [0.2, 0.25) is 0 Å². The van der Waals surface area contributed by atoms with E-state index in [1.165, 1.54) is 0 Å². The molecule has 0 unspecified atom stereocenters. The van der Waals surface area contributed by atoms with Crippen molar-refractivity contribution in [1.82, 2.24) is 4.72 Å². The van der Waals surface area contributed by atoms with Gasteiger partial charge in [0.1, 0.15) is 5.82 Å². The van der Waals surface area contributed by atoms with Gasteiger partial charge in [-0.3, -0.25) is 4.79 Å². The highest BCUT2D eigenvalue weighted by Crippen LogP contribution is 2.23. The van der Waals surface area contributed by atoms with Gasteiger partial charge in [0.15, 0.2) is 0 Å². The number of amides is 1. The Morgan fingerprint density at radius 2 is 1.78 bits per heavy atom. The number of hydrogen-bond donors (Lipinski definition) is 2. The second-order valence-corrected chi connectivity index (χ2v) is 8.48. The Kier molecular flexibility index (Phi) is 6.22. The molecule has 0 saturated heterocycles. The van der Waals surface area contributed by atoms with Crippen molar-refractivity contribution in [3.63, 3.8) is 0 Å². The standard InChI is InChI=1S/C19H24FN3O3S/c1-12(2)22-27(25,26)15-7-8-17(20)16(11-15)19(24)21-18-9-6-14(23(4)5)10-13(18)3/h6-12,22H,1-5H3,(H,21,24). The van der Waals surface area contributed by atoms with E-state index in [0.29, 0.717) is 5.69 Å². The van der Waals surface area contributed by atoms with Crippen molar-refractivity contribution in [3.05, 3.63) is 53.3 Å². The summed E-state index contributed by atoms with van der Waals surface area (Å²) in [6.45, 7) is 5.18. The summed E-state index contributed by atoms with van der Waals surface area (Å²) < 4.78 is 41.1. The van der Waals surface area contributed by atoms with Gasteiger partial charge in [-0.2, -0.15) is 0 Å². The molecule has 0 bridgehead atoms. The van der Waals surface area contributed by atoms with Crippen molar-refractivity contribution >= 4 is 27.3 Å². The molecule has 1 amide bonds. The van der Waals surface area contributed by atoms with Gasteiger partial charge in [0.05, 0.1) is 10.5 Å². The molecule has 2 aromatic rings. The highest BCUT2D eigenvalue weighted by molar-refractivity contribution is 7.89. The van der Waals surface area contributed by atoms with E-state index in [1.54, 1.807) is 19.9 Å². The lowest BCUT2D eigenvalue weighted by atomic mass is 10.1. The van der Waals surface area contributed by atoms with Crippen LogP contribution < -0.4 is 14.9 Å². The number of nitrogens with one attached hydrogen (secondary N) is 2. The van der Waals surface area contributed by atoms with Crippen molar-refractivity contribution in [2.45, 2.75) is 31.7 Å². The summed E-state index contributed by atoms with van der Waals surface area (Å²) in [6.07, 6.45) is 0. The zero-order chi connectivity index (χ0) is 20.4. The van der Waals surface area contributed by atoms with Gasteiger partial charge < -0.3 is 10.2 Å². The Morgan fingerprint density at radius 1 is 1.11 bits per heavy atom. The van der Waals surface area contributed by atoms with Crippen LogP contribution in [0, 0.1) is 12.7 Å². The van der Waals surface area contributed by atoms with E-state index in [4.69, 9.17) is 0 Å². The number of carbonyl (C=O) groups is 1. The van der Waals surface area contributed by atoms with Crippen LogP contribution in [0.3, 0.4) is 0 Å². The predicted octanol–water partition coefficient (Wildman–Crippen LogP) is 3.14. The number of halogens is 1. The summed E-state index contributed by atoms with van der Waals surface area (Å²) in [6, 6.07) is 8.27. The van der Waals surface area contributed by atoms with Gasteiger partial charge in [-0.1, -0.05) is 0 Å². The average molecular weight is 393 g/mol. The first kappa shape index (κ1) is 20.9. The molecule has 27 heavy (non-hydrogen) atoms. The van der Waals surface area contributed by atoms with Crippen molar-refractivity contribution < 1.29 is 17.6 Å². The molecule has 0 spiro atoms. The van der Waals surface area contributed by atoms with Gasteiger partial charge in [0.2, 0.25) is 10.0 Å². The number of anilines is 2. The third-order valence-corrected chi connectivity index (χ3v) is 5.51. The predicted molar refractivity (Wildman–Crippen MR) is 105 cm³/mol. The topological polar surface area (TPSA) is 78.5 Å². The molecule has 0 aliphatic carbocycles. The molecule has 2 N–H and O–H groups in total. The van der Waals surface area contributed by atoms with Crippen molar-refractivity contribution in [3.8, 4) is 0 Å². The Balaban J connectivity index is 2.33. The van der Waals surface area contributed by atoms with Gasteiger partial charge in [-0.25, -0.2) is 17.5 Å². The minimum absolute atomic E-state index is 0.164. The second-order valence-electron chi connectivity index (χ2n) is 6.77. The van der Waals surface area contributed by atoms with Crippen LogP contribution in [-0.2, 0) is 10.0 Å². The van der Waals surface area contributed by atoms with Gasteiger partial charge in [0.25, 0.3) is 5.91 Å². The first-order valence-corrected chi connectivity index (χ1v) is 9.91.